The molecule has 1 heterocycles. The number of nitrogens with zero attached hydrogens (tertiary/aromatic N) is 1. The second-order valence-electron chi connectivity index (χ2n) is 6.46. The van der Waals surface area contributed by atoms with Crippen LogP contribution in [0.3, 0.4) is 0 Å². The van der Waals surface area contributed by atoms with E-state index in [-0.39, 0.29) is 30.4 Å². The second kappa shape index (κ2) is 10.7. The molecule has 3 N–H and O–H groups in total. The van der Waals surface area contributed by atoms with Crippen molar-refractivity contribution in [2.45, 2.75) is 63.5 Å². The Morgan fingerprint density at radius 2 is 1.52 bits per heavy atom. The lowest BCUT2D eigenvalue weighted by Crippen LogP contribution is -2.51. The number of likely N-dealkylation sites (tertiary alicyclic amines) is 1. The van der Waals surface area contributed by atoms with Gasteiger partial charge in [-0.15, -0.1) is 12.4 Å². The first-order chi connectivity index (χ1) is 10.7. The molecule has 0 unspecified atom stereocenters. The van der Waals surface area contributed by atoms with Gasteiger partial charge in [-0.25, -0.2) is 4.79 Å². The van der Waals surface area contributed by atoms with Gasteiger partial charge in [-0.1, -0.05) is 19.3 Å². The average Bonchev–Trinajstić information content (AvgIpc) is 2.54. The Morgan fingerprint density at radius 3 is 2.09 bits per heavy atom. The normalized spacial score (nSPS) is 19.8. The van der Waals surface area contributed by atoms with Crippen LogP contribution in [-0.2, 0) is 4.79 Å². The zero-order valence-electron chi connectivity index (χ0n) is 14.1. The van der Waals surface area contributed by atoms with Crippen molar-refractivity contribution < 1.29 is 9.59 Å². The predicted octanol–water partition coefficient (Wildman–Crippen LogP) is 1.64. The van der Waals surface area contributed by atoms with Gasteiger partial charge >= 0.3 is 6.03 Å². The molecule has 0 bridgehead atoms. The van der Waals surface area contributed by atoms with E-state index in [2.05, 4.69) is 16.0 Å². The van der Waals surface area contributed by atoms with Crippen LogP contribution < -0.4 is 16.0 Å². The lowest BCUT2D eigenvalue weighted by Gasteiger charge is -2.33. The lowest BCUT2D eigenvalue weighted by atomic mass is 9.96. The first-order valence-electron chi connectivity index (χ1n) is 8.68. The zero-order chi connectivity index (χ0) is 15.8. The van der Waals surface area contributed by atoms with Gasteiger partial charge in [0, 0.05) is 38.1 Å². The van der Waals surface area contributed by atoms with Crippen molar-refractivity contribution in [3.05, 3.63) is 0 Å². The summed E-state index contributed by atoms with van der Waals surface area (Å²) in [5.41, 5.74) is 0. The summed E-state index contributed by atoms with van der Waals surface area (Å²) in [4.78, 5) is 25.9. The van der Waals surface area contributed by atoms with Gasteiger partial charge in [0.25, 0.3) is 0 Å². The Morgan fingerprint density at radius 1 is 0.957 bits per heavy atom. The number of urea groups is 1. The van der Waals surface area contributed by atoms with Crippen LogP contribution in [0.4, 0.5) is 4.79 Å². The Kier molecular flexibility index (Phi) is 9.33. The van der Waals surface area contributed by atoms with E-state index in [0.29, 0.717) is 12.5 Å². The molecule has 1 saturated heterocycles. The van der Waals surface area contributed by atoms with Gasteiger partial charge in [0.1, 0.15) is 0 Å². The van der Waals surface area contributed by atoms with Gasteiger partial charge in [0.05, 0.1) is 0 Å². The van der Waals surface area contributed by atoms with Crippen molar-refractivity contribution in [3.63, 3.8) is 0 Å². The van der Waals surface area contributed by atoms with E-state index < -0.39 is 0 Å². The number of piperidine rings is 1. The molecule has 0 atom stereocenters. The van der Waals surface area contributed by atoms with E-state index in [0.717, 1.165) is 45.3 Å². The standard InChI is InChI=1S/C16H30N4O2.ClH/c1-17-10-7-15(21)20-11-8-14(9-12-20)19-16(22)18-13-5-3-2-4-6-13;/h13-14,17H,2-12H2,1H3,(H2,18,19,22);1H. The molecule has 1 aliphatic heterocycles. The maximum atomic E-state index is 12.0. The smallest absolute Gasteiger partial charge is 0.315 e. The Labute approximate surface area is 145 Å². The van der Waals surface area contributed by atoms with Crippen LogP contribution in [0.25, 0.3) is 0 Å². The molecule has 2 rings (SSSR count). The van der Waals surface area contributed by atoms with E-state index >= 15 is 0 Å². The van der Waals surface area contributed by atoms with Gasteiger partial charge < -0.3 is 20.9 Å². The average molecular weight is 347 g/mol. The summed E-state index contributed by atoms with van der Waals surface area (Å²) in [6.07, 6.45) is 8.19. The van der Waals surface area contributed by atoms with E-state index in [1.807, 2.05) is 11.9 Å². The molecular formula is C16H31ClN4O2. The Balaban J connectivity index is 0.00000264. The van der Waals surface area contributed by atoms with Crippen LogP contribution in [0.15, 0.2) is 0 Å². The van der Waals surface area contributed by atoms with Crippen molar-refractivity contribution in [1.82, 2.24) is 20.9 Å². The molecule has 1 saturated carbocycles. The maximum Gasteiger partial charge on any atom is 0.315 e. The van der Waals surface area contributed by atoms with Gasteiger partial charge in [0.15, 0.2) is 0 Å². The van der Waals surface area contributed by atoms with Crippen LogP contribution in [0.5, 0.6) is 0 Å². The highest BCUT2D eigenvalue weighted by Crippen LogP contribution is 2.17. The molecule has 0 aromatic carbocycles. The molecule has 6 nitrogen and oxygen atoms in total. The summed E-state index contributed by atoms with van der Waals surface area (Å²) in [6.45, 7) is 2.22. The topological polar surface area (TPSA) is 73.5 Å². The summed E-state index contributed by atoms with van der Waals surface area (Å²) < 4.78 is 0. The van der Waals surface area contributed by atoms with E-state index in [9.17, 15) is 9.59 Å². The minimum absolute atomic E-state index is 0. The van der Waals surface area contributed by atoms with Crippen LogP contribution in [0.2, 0.25) is 0 Å². The predicted molar refractivity (Wildman–Crippen MR) is 93.9 cm³/mol. The molecule has 0 radical (unpaired) electrons. The maximum absolute atomic E-state index is 12.0. The highest BCUT2D eigenvalue weighted by atomic mass is 35.5. The number of carbonyl (C=O) groups excluding carboxylic acids is 2. The fourth-order valence-electron chi connectivity index (χ4n) is 3.32. The van der Waals surface area contributed by atoms with E-state index in [4.69, 9.17) is 0 Å². The highest BCUT2D eigenvalue weighted by molar-refractivity contribution is 5.85. The fourth-order valence-corrected chi connectivity index (χ4v) is 3.32. The molecule has 0 spiro atoms. The molecule has 2 aliphatic rings. The number of halogens is 1. The minimum Gasteiger partial charge on any atom is -0.343 e. The number of carbonyl (C=O) groups is 2. The molecule has 0 aromatic heterocycles. The van der Waals surface area contributed by atoms with E-state index in [1.165, 1.54) is 19.3 Å². The van der Waals surface area contributed by atoms with Crippen molar-refractivity contribution in [2.24, 2.45) is 0 Å². The minimum atomic E-state index is -0.0353. The number of rotatable bonds is 5. The molecule has 23 heavy (non-hydrogen) atoms. The summed E-state index contributed by atoms with van der Waals surface area (Å²) in [7, 11) is 1.86. The van der Waals surface area contributed by atoms with Crippen molar-refractivity contribution in [3.8, 4) is 0 Å². The number of hydrogen-bond acceptors (Lipinski definition) is 3. The van der Waals surface area contributed by atoms with Gasteiger partial charge in [-0.05, 0) is 32.7 Å². The Bertz CT molecular complexity index is 367. The van der Waals surface area contributed by atoms with Crippen molar-refractivity contribution in [2.75, 3.05) is 26.7 Å². The number of amides is 3. The van der Waals surface area contributed by atoms with Gasteiger partial charge in [-0.3, -0.25) is 4.79 Å². The second-order valence-corrected chi connectivity index (χ2v) is 6.46. The summed E-state index contributed by atoms with van der Waals surface area (Å²) in [5, 5.41) is 9.16. The molecule has 3 amide bonds. The van der Waals surface area contributed by atoms with Crippen LogP contribution >= 0.6 is 12.4 Å². The summed E-state index contributed by atoms with van der Waals surface area (Å²) >= 11 is 0. The molecular weight excluding hydrogens is 316 g/mol. The van der Waals surface area contributed by atoms with Crippen LogP contribution in [0.1, 0.15) is 51.4 Å². The lowest BCUT2D eigenvalue weighted by molar-refractivity contribution is -0.132. The summed E-state index contributed by atoms with van der Waals surface area (Å²) in [5.74, 6) is 0.208. The van der Waals surface area contributed by atoms with Crippen molar-refractivity contribution >= 4 is 24.3 Å². The highest BCUT2D eigenvalue weighted by Gasteiger charge is 2.24. The quantitative estimate of drug-likeness (QED) is 0.708. The molecule has 7 heteroatoms. The monoisotopic (exact) mass is 346 g/mol. The number of hydrogen-bond donors (Lipinski definition) is 3. The largest absolute Gasteiger partial charge is 0.343 e. The molecule has 1 aliphatic carbocycles. The molecule has 134 valence electrons. The third-order valence-corrected chi connectivity index (χ3v) is 4.71. The van der Waals surface area contributed by atoms with Gasteiger partial charge in [0.2, 0.25) is 5.91 Å². The van der Waals surface area contributed by atoms with Crippen molar-refractivity contribution in [1.29, 1.82) is 0 Å². The fraction of sp³-hybridized carbons (Fsp3) is 0.875. The third kappa shape index (κ3) is 6.96. The summed E-state index contributed by atoms with van der Waals surface area (Å²) in [6, 6.07) is 0.501. The first-order valence-corrected chi connectivity index (χ1v) is 8.68. The molecule has 2 fully saturated rings. The SMILES string of the molecule is CNCCC(=O)N1CCC(NC(=O)NC2CCCCC2)CC1.Cl. The first kappa shape index (κ1) is 20.0. The third-order valence-electron chi connectivity index (χ3n) is 4.71. The molecule has 0 aromatic rings. The van der Waals surface area contributed by atoms with Crippen LogP contribution in [0, 0.1) is 0 Å². The Hall–Kier alpha value is -1.01. The van der Waals surface area contributed by atoms with Gasteiger partial charge in [-0.2, -0.15) is 0 Å². The zero-order valence-corrected chi connectivity index (χ0v) is 14.9. The van der Waals surface area contributed by atoms with E-state index in [1.54, 1.807) is 0 Å². The van der Waals surface area contributed by atoms with Crippen LogP contribution in [-0.4, -0.2) is 55.6 Å². The number of nitrogens with one attached hydrogen (secondary N) is 3.